The van der Waals surface area contributed by atoms with Crippen LogP contribution in [0.25, 0.3) is 0 Å². The van der Waals surface area contributed by atoms with E-state index < -0.39 is 0 Å². The number of nitrogens with one attached hydrogen (secondary N) is 1. The molecule has 0 aliphatic rings. The lowest BCUT2D eigenvalue weighted by atomic mass is 10.1. The molecule has 0 spiro atoms. The third kappa shape index (κ3) is 5.58. The van der Waals surface area contributed by atoms with Gasteiger partial charge >= 0.3 is 0 Å². The second-order valence-electron chi connectivity index (χ2n) is 5.21. The molecule has 0 unspecified atom stereocenters. The third-order valence-electron chi connectivity index (χ3n) is 3.41. The largest absolute Gasteiger partial charge is 0.490 e. The topological polar surface area (TPSA) is 50.7 Å². The number of ether oxygens (including phenoxy) is 2. The van der Waals surface area contributed by atoms with E-state index in [1.807, 2.05) is 55.5 Å². The van der Waals surface area contributed by atoms with E-state index in [2.05, 4.69) is 5.32 Å². The molecule has 2 aromatic carbocycles. The molecule has 0 saturated heterocycles. The minimum atomic E-state index is 0.198. The van der Waals surface area contributed by atoms with Gasteiger partial charge in [0.2, 0.25) is 0 Å². The zero-order valence-corrected chi connectivity index (χ0v) is 13.6. The van der Waals surface area contributed by atoms with Crippen LogP contribution in [0.3, 0.4) is 0 Å². The maximum atomic E-state index is 8.86. The van der Waals surface area contributed by atoms with Gasteiger partial charge in [-0.15, -0.1) is 0 Å². The average molecular weight is 315 g/mol. The average Bonchev–Trinajstić information content (AvgIpc) is 2.59. The minimum absolute atomic E-state index is 0.198. The Hall–Kier alpha value is -2.04. The molecule has 0 radical (unpaired) electrons. The number of aliphatic hydroxyl groups excluding tert-OH is 1. The van der Waals surface area contributed by atoms with Gasteiger partial charge in [0.25, 0.3) is 0 Å². The van der Waals surface area contributed by atoms with Crippen molar-refractivity contribution < 1.29 is 14.6 Å². The van der Waals surface area contributed by atoms with Crippen molar-refractivity contribution in [2.45, 2.75) is 26.5 Å². The van der Waals surface area contributed by atoms with E-state index >= 15 is 0 Å². The van der Waals surface area contributed by atoms with Crippen LogP contribution in [0.15, 0.2) is 48.5 Å². The Labute approximate surface area is 138 Å². The van der Waals surface area contributed by atoms with Crippen LogP contribution in [0.1, 0.15) is 24.5 Å². The molecular formula is C19H25NO3. The minimum Gasteiger partial charge on any atom is -0.490 e. The molecule has 0 atom stereocenters. The monoisotopic (exact) mass is 315 g/mol. The second kappa shape index (κ2) is 9.87. The maximum absolute atomic E-state index is 8.86. The van der Waals surface area contributed by atoms with Gasteiger partial charge in [-0.1, -0.05) is 42.5 Å². The zero-order valence-electron chi connectivity index (χ0n) is 13.6. The summed E-state index contributed by atoms with van der Waals surface area (Å²) in [7, 11) is 0. The summed E-state index contributed by atoms with van der Waals surface area (Å²) in [6.45, 7) is 4.73. The first-order chi connectivity index (χ1) is 11.3. The number of para-hydroxylation sites is 1. The number of benzene rings is 2. The first-order valence-electron chi connectivity index (χ1n) is 8.08. The molecule has 0 saturated carbocycles. The van der Waals surface area contributed by atoms with Gasteiger partial charge in [0.05, 0.1) is 6.61 Å². The summed E-state index contributed by atoms with van der Waals surface area (Å²) in [6.07, 6.45) is 0.741. The Kier molecular flexibility index (Phi) is 7.43. The van der Waals surface area contributed by atoms with Crippen molar-refractivity contribution >= 4 is 0 Å². The lowest BCUT2D eigenvalue weighted by Crippen LogP contribution is -2.16. The SMILES string of the molecule is CCOc1cccc(CNCCCO)c1OCc1ccccc1. The van der Waals surface area contributed by atoms with Gasteiger partial charge in [-0.25, -0.2) is 0 Å². The highest BCUT2D eigenvalue weighted by molar-refractivity contribution is 5.46. The van der Waals surface area contributed by atoms with Gasteiger partial charge in [-0.05, 0) is 31.5 Å². The van der Waals surface area contributed by atoms with Gasteiger partial charge < -0.3 is 19.9 Å². The van der Waals surface area contributed by atoms with E-state index in [9.17, 15) is 0 Å². The van der Waals surface area contributed by atoms with Crippen LogP contribution in [0.4, 0.5) is 0 Å². The Morgan fingerprint density at radius 1 is 1.00 bits per heavy atom. The molecule has 0 aliphatic carbocycles. The normalized spacial score (nSPS) is 10.5. The Morgan fingerprint density at radius 3 is 2.57 bits per heavy atom. The maximum Gasteiger partial charge on any atom is 0.166 e. The van der Waals surface area contributed by atoms with Crippen molar-refractivity contribution in [1.82, 2.24) is 5.32 Å². The molecule has 2 N–H and O–H groups in total. The van der Waals surface area contributed by atoms with Crippen molar-refractivity contribution in [3.05, 3.63) is 59.7 Å². The van der Waals surface area contributed by atoms with E-state index in [-0.39, 0.29) is 6.61 Å². The fourth-order valence-corrected chi connectivity index (χ4v) is 2.29. The molecule has 2 rings (SSSR count). The molecule has 0 heterocycles. The van der Waals surface area contributed by atoms with Crippen molar-refractivity contribution in [2.75, 3.05) is 19.8 Å². The van der Waals surface area contributed by atoms with E-state index in [4.69, 9.17) is 14.6 Å². The summed E-state index contributed by atoms with van der Waals surface area (Å²) >= 11 is 0. The number of hydrogen-bond acceptors (Lipinski definition) is 4. The van der Waals surface area contributed by atoms with E-state index in [1.54, 1.807) is 0 Å². The van der Waals surface area contributed by atoms with Crippen LogP contribution < -0.4 is 14.8 Å². The fourth-order valence-electron chi connectivity index (χ4n) is 2.29. The molecule has 4 heteroatoms. The molecule has 124 valence electrons. The van der Waals surface area contributed by atoms with Crippen molar-refractivity contribution in [2.24, 2.45) is 0 Å². The molecular weight excluding hydrogens is 290 g/mol. The third-order valence-corrected chi connectivity index (χ3v) is 3.41. The van der Waals surface area contributed by atoms with E-state index in [0.29, 0.717) is 19.8 Å². The summed E-state index contributed by atoms with van der Waals surface area (Å²) in [4.78, 5) is 0. The van der Waals surface area contributed by atoms with Crippen molar-refractivity contribution in [3.63, 3.8) is 0 Å². The number of rotatable bonds is 10. The van der Waals surface area contributed by atoms with Crippen molar-refractivity contribution in [3.8, 4) is 11.5 Å². The molecule has 0 aliphatic heterocycles. The Bertz CT molecular complexity index is 572. The molecule has 2 aromatic rings. The number of hydrogen-bond donors (Lipinski definition) is 2. The van der Waals surface area contributed by atoms with Crippen LogP contribution in [0.5, 0.6) is 11.5 Å². The van der Waals surface area contributed by atoms with Gasteiger partial charge in [-0.3, -0.25) is 0 Å². The summed E-state index contributed by atoms with van der Waals surface area (Å²) in [5, 5.41) is 12.2. The van der Waals surface area contributed by atoms with Crippen LogP contribution in [-0.2, 0) is 13.2 Å². The quantitative estimate of drug-likeness (QED) is 0.661. The van der Waals surface area contributed by atoms with Gasteiger partial charge in [0, 0.05) is 18.7 Å². The smallest absolute Gasteiger partial charge is 0.166 e. The summed E-state index contributed by atoms with van der Waals surface area (Å²) in [5.74, 6) is 1.56. The lowest BCUT2D eigenvalue weighted by Gasteiger charge is -2.16. The molecule has 23 heavy (non-hydrogen) atoms. The first-order valence-corrected chi connectivity index (χ1v) is 8.08. The van der Waals surface area contributed by atoms with Gasteiger partial charge in [0.1, 0.15) is 6.61 Å². The second-order valence-corrected chi connectivity index (χ2v) is 5.21. The molecule has 4 nitrogen and oxygen atoms in total. The van der Waals surface area contributed by atoms with Gasteiger partial charge in [-0.2, -0.15) is 0 Å². The molecule has 0 amide bonds. The van der Waals surface area contributed by atoms with E-state index in [0.717, 1.165) is 35.6 Å². The highest BCUT2D eigenvalue weighted by Crippen LogP contribution is 2.32. The Morgan fingerprint density at radius 2 is 1.83 bits per heavy atom. The standard InChI is InChI=1S/C19H25NO3/c1-2-22-18-11-6-10-17(14-20-12-7-13-21)19(18)23-15-16-8-4-3-5-9-16/h3-6,8-11,20-21H,2,7,12-15H2,1H3. The summed E-state index contributed by atoms with van der Waals surface area (Å²) in [5.41, 5.74) is 2.18. The first kappa shape index (κ1) is 17.3. The van der Waals surface area contributed by atoms with Gasteiger partial charge in [0.15, 0.2) is 11.5 Å². The molecule has 0 aromatic heterocycles. The van der Waals surface area contributed by atoms with Crippen LogP contribution in [0, 0.1) is 0 Å². The summed E-state index contributed by atoms with van der Waals surface area (Å²) in [6, 6.07) is 16.0. The predicted octanol–water partition coefficient (Wildman–Crippen LogP) is 3.14. The van der Waals surface area contributed by atoms with Crippen LogP contribution >= 0.6 is 0 Å². The number of aliphatic hydroxyl groups is 1. The highest BCUT2D eigenvalue weighted by Gasteiger charge is 2.11. The molecule has 0 fully saturated rings. The Balaban J connectivity index is 2.08. The fraction of sp³-hybridized carbons (Fsp3) is 0.368. The van der Waals surface area contributed by atoms with E-state index in [1.165, 1.54) is 0 Å². The van der Waals surface area contributed by atoms with Crippen LogP contribution in [-0.4, -0.2) is 24.9 Å². The zero-order chi connectivity index (χ0) is 16.3. The molecule has 0 bridgehead atoms. The van der Waals surface area contributed by atoms with Crippen LogP contribution in [0.2, 0.25) is 0 Å². The highest BCUT2D eigenvalue weighted by atomic mass is 16.5. The predicted molar refractivity (Wildman–Crippen MR) is 91.8 cm³/mol. The summed E-state index contributed by atoms with van der Waals surface area (Å²) < 4.78 is 11.8. The lowest BCUT2D eigenvalue weighted by molar-refractivity contribution is 0.265. The van der Waals surface area contributed by atoms with Crippen molar-refractivity contribution in [1.29, 1.82) is 0 Å².